The number of carboxylic acid groups (broad SMARTS) is 1. The Balaban J connectivity index is 1.76. The summed E-state index contributed by atoms with van der Waals surface area (Å²) in [5, 5.41) is 12.3. The van der Waals surface area contributed by atoms with E-state index in [1.54, 1.807) is 6.07 Å². The van der Waals surface area contributed by atoms with Gasteiger partial charge in [0.25, 0.3) is 5.91 Å². The van der Waals surface area contributed by atoms with Crippen molar-refractivity contribution >= 4 is 21.9 Å². The summed E-state index contributed by atoms with van der Waals surface area (Å²) in [5.41, 5.74) is 2.88. The second-order valence-electron chi connectivity index (χ2n) is 14.1. The molecule has 4 rings (SSSR count). The topological polar surface area (TPSA) is 118 Å². The van der Waals surface area contributed by atoms with Gasteiger partial charge in [-0.15, -0.1) is 0 Å². The van der Waals surface area contributed by atoms with E-state index < -0.39 is 32.9 Å². The Bertz CT molecular complexity index is 1400. The average Bonchev–Trinajstić information content (AvgIpc) is 3.15. The van der Waals surface area contributed by atoms with Crippen LogP contribution < -0.4 is 10.0 Å². The van der Waals surface area contributed by atoms with Crippen LogP contribution in [-0.4, -0.2) is 41.5 Å². The average molecular weight is 586 g/mol. The molecular weight excluding hydrogens is 538 g/mol. The second-order valence-corrected chi connectivity index (χ2v) is 15.8. The Morgan fingerprint density at radius 3 is 2.20 bits per heavy atom. The van der Waals surface area contributed by atoms with Crippen molar-refractivity contribution in [2.75, 3.05) is 0 Å². The molecule has 2 saturated carbocycles. The lowest BCUT2D eigenvalue weighted by molar-refractivity contribution is -0.145. The van der Waals surface area contributed by atoms with Crippen LogP contribution in [0.3, 0.4) is 0 Å². The lowest BCUT2D eigenvalue weighted by atomic mass is 9.80. The monoisotopic (exact) mass is 585 g/mol. The summed E-state index contributed by atoms with van der Waals surface area (Å²) in [6.07, 6.45) is 6.88. The first-order valence-electron chi connectivity index (χ1n) is 14.9. The van der Waals surface area contributed by atoms with E-state index in [4.69, 9.17) is 0 Å². The van der Waals surface area contributed by atoms with Crippen LogP contribution in [0.15, 0.2) is 29.2 Å². The summed E-state index contributed by atoms with van der Waals surface area (Å²) in [5.74, 6) is -0.883. The van der Waals surface area contributed by atoms with E-state index in [1.807, 2.05) is 66.7 Å². The number of aliphatic carboxylic acids is 1. The van der Waals surface area contributed by atoms with Gasteiger partial charge < -0.3 is 15.0 Å². The first kappa shape index (κ1) is 31.3. The molecular formula is C32H47N3O5S. The zero-order chi connectivity index (χ0) is 30.3. The van der Waals surface area contributed by atoms with Crippen LogP contribution >= 0.6 is 0 Å². The molecule has 1 aromatic carbocycles. The molecule has 1 heterocycles. The van der Waals surface area contributed by atoms with Gasteiger partial charge in [-0.2, -0.15) is 0 Å². The minimum Gasteiger partial charge on any atom is -0.481 e. The van der Waals surface area contributed by atoms with Crippen LogP contribution in [0.5, 0.6) is 0 Å². The molecule has 3 N–H and O–H groups in total. The van der Waals surface area contributed by atoms with Crippen LogP contribution in [0.2, 0.25) is 0 Å². The minimum atomic E-state index is -3.76. The maximum atomic E-state index is 13.4. The van der Waals surface area contributed by atoms with Gasteiger partial charge in [0.15, 0.2) is 0 Å². The molecule has 0 saturated heterocycles. The van der Waals surface area contributed by atoms with E-state index >= 15 is 0 Å². The smallest absolute Gasteiger partial charge is 0.306 e. The molecule has 0 unspecified atom stereocenters. The normalized spacial score (nSPS) is 20.5. The number of hydrogen-bond acceptors (Lipinski definition) is 4. The number of carboxylic acids is 1. The van der Waals surface area contributed by atoms with Crippen LogP contribution in [0.1, 0.15) is 108 Å². The molecule has 9 heteroatoms. The molecule has 0 bridgehead atoms. The fraction of sp³-hybridized carbons (Fsp3) is 0.625. The molecule has 0 radical (unpaired) electrons. The zero-order valence-electron chi connectivity index (χ0n) is 25.6. The van der Waals surface area contributed by atoms with Crippen molar-refractivity contribution in [1.82, 2.24) is 14.6 Å². The van der Waals surface area contributed by atoms with E-state index in [0.29, 0.717) is 24.3 Å². The molecule has 1 aromatic heterocycles. The fourth-order valence-electron chi connectivity index (χ4n) is 6.15. The minimum absolute atomic E-state index is 0.138. The molecule has 0 atom stereocenters. The third-order valence-electron chi connectivity index (χ3n) is 8.41. The van der Waals surface area contributed by atoms with E-state index in [2.05, 4.69) is 14.6 Å². The van der Waals surface area contributed by atoms with Crippen LogP contribution in [0, 0.1) is 18.8 Å². The zero-order valence-corrected chi connectivity index (χ0v) is 26.5. The first-order chi connectivity index (χ1) is 19.0. The number of carbonyl (C=O) groups excluding carboxylic acids is 1. The van der Waals surface area contributed by atoms with Gasteiger partial charge in [-0.25, -0.2) is 13.1 Å². The van der Waals surface area contributed by atoms with Crippen molar-refractivity contribution in [2.24, 2.45) is 11.8 Å². The van der Waals surface area contributed by atoms with Gasteiger partial charge in [-0.3, -0.25) is 9.59 Å². The summed E-state index contributed by atoms with van der Waals surface area (Å²) in [7, 11) is -3.76. The quantitative estimate of drug-likeness (QED) is 0.351. The van der Waals surface area contributed by atoms with Gasteiger partial charge in [0.2, 0.25) is 10.0 Å². The Labute approximate surface area is 245 Å². The molecule has 2 aromatic rings. The van der Waals surface area contributed by atoms with Crippen molar-refractivity contribution < 1.29 is 23.1 Å². The number of sulfonamides is 1. The number of carbonyl (C=O) groups is 2. The number of benzene rings is 1. The molecule has 41 heavy (non-hydrogen) atoms. The van der Waals surface area contributed by atoms with Crippen molar-refractivity contribution in [3.63, 3.8) is 0 Å². The maximum Gasteiger partial charge on any atom is 0.306 e. The highest BCUT2D eigenvalue weighted by molar-refractivity contribution is 7.89. The standard InChI is InChI=1S/C32H47N3O5S/c1-20-25(29(36)33-24-15-23(16-24)30(37)38)18-27(35(20)19-21-11-9-8-10-12-21)22-13-14-28(26(17-22)31(2,3)4)41(39,40)34-32(5,6)7/h13-14,17-18,21,23-24,34H,8-12,15-16,19H2,1-7H3,(H,33,36)(H,37,38)/t23-,24-. The lowest BCUT2D eigenvalue weighted by Gasteiger charge is -2.32. The highest BCUT2D eigenvalue weighted by atomic mass is 32.2. The number of nitrogens with one attached hydrogen (secondary N) is 2. The number of rotatable bonds is 8. The molecule has 2 aliphatic carbocycles. The Kier molecular flexibility index (Phi) is 8.82. The molecule has 8 nitrogen and oxygen atoms in total. The number of amides is 1. The SMILES string of the molecule is Cc1c(C(=O)N[C@H]2C[C@H](C(=O)O)C2)cc(-c2ccc(S(=O)(=O)NC(C)(C)C)c(C(C)(C)C)c2)n1CC1CCCCC1. The Hall–Kier alpha value is -2.65. The predicted molar refractivity (Wildman–Crippen MR) is 162 cm³/mol. The third-order valence-corrected chi connectivity index (χ3v) is 10.2. The van der Waals surface area contributed by atoms with Gasteiger partial charge in [0, 0.05) is 29.5 Å². The first-order valence-corrected chi connectivity index (χ1v) is 16.4. The van der Waals surface area contributed by atoms with Crippen molar-refractivity contribution in [2.45, 2.75) is 122 Å². The maximum absolute atomic E-state index is 13.4. The van der Waals surface area contributed by atoms with E-state index in [9.17, 15) is 23.1 Å². The number of aromatic nitrogens is 1. The lowest BCUT2D eigenvalue weighted by Crippen LogP contribution is -2.46. The van der Waals surface area contributed by atoms with Crippen molar-refractivity contribution in [3.05, 3.63) is 41.1 Å². The molecule has 1 amide bonds. The highest BCUT2D eigenvalue weighted by Crippen LogP contribution is 2.37. The molecule has 2 fully saturated rings. The predicted octanol–water partition coefficient (Wildman–Crippen LogP) is 6.01. The van der Waals surface area contributed by atoms with Gasteiger partial charge in [-0.05, 0) is 94.0 Å². The molecule has 226 valence electrons. The molecule has 2 aliphatic rings. The van der Waals surface area contributed by atoms with Crippen LogP contribution in [0.25, 0.3) is 11.3 Å². The van der Waals surface area contributed by atoms with Gasteiger partial charge in [0.05, 0.1) is 16.4 Å². The Morgan fingerprint density at radius 2 is 1.63 bits per heavy atom. The second kappa shape index (κ2) is 11.6. The molecule has 0 aliphatic heterocycles. The van der Waals surface area contributed by atoms with Crippen LogP contribution in [0.4, 0.5) is 0 Å². The summed E-state index contributed by atoms with van der Waals surface area (Å²) in [4.78, 5) is 24.9. The largest absolute Gasteiger partial charge is 0.481 e. The van der Waals surface area contributed by atoms with E-state index in [0.717, 1.165) is 41.9 Å². The van der Waals surface area contributed by atoms with E-state index in [-0.39, 0.29) is 16.8 Å². The summed E-state index contributed by atoms with van der Waals surface area (Å²) < 4.78 is 31.9. The highest BCUT2D eigenvalue weighted by Gasteiger charge is 2.36. The number of hydrogen-bond donors (Lipinski definition) is 3. The van der Waals surface area contributed by atoms with Crippen molar-refractivity contribution in [1.29, 1.82) is 0 Å². The van der Waals surface area contributed by atoms with Crippen LogP contribution in [-0.2, 0) is 26.8 Å². The van der Waals surface area contributed by atoms with E-state index in [1.165, 1.54) is 19.3 Å². The van der Waals surface area contributed by atoms with Gasteiger partial charge in [0.1, 0.15) is 0 Å². The van der Waals surface area contributed by atoms with Crippen molar-refractivity contribution in [3.8, 4) is 11.3 Å². The number of nitrogens with zero attached hydrogens (tertiary/aromatic N) is 1. The van der Waals surface area contributed by atoms with Gasteiger partial charge >= 0.3 is 5.97 Å². The Morgan fingerprint density at radius 1 is 1.00 bits per heavy atom. The van der Waals surface area contributed by atoms with Gasteiger partial charge in [-0.1, -0.05) is 46.1 Å². The summed E-state index contributed by atoms with van der Waals surface area (Å²) >= 11 is 0. The summed E-state index contributed by atoms with van der Waals surface area (Å²) in [6.45, 7) is 14.3. The fourth-order valence-corrected chi connectivity index (χ4v) is 7.96. The molecule has 0 spiro atoms. The third kappa shape index (κ3) is 7.23. The summed E-state index contributed by atoms with van der Waals surface area (Å²) in [6, 6.07) is 7.29.